The van der Waals surface area contributed by atoms with E-state index in [0.717, 1.165) is 29.9 Å². The van der Waals surface area contributed by atoms with E-state index in [1.807, 2.05) is 13.0 Å². The Kier molecular flexibility index (Phi) is 4.18. The second-order valence-electron chi connectivity index (χ2n) is 4.43. The first-order valence-corrected chi connectivity index (χ1v) is 6.09. The summed E-state index contributed by atoms with van der Waals surface area (Å²) in [5.41, 5.74) is 9.60. The van der Waals surface area contributed by atoms with Crippen LogP contribution in [0.1, 0.15) is 28.5 Å². The molecule has 3 heteroatoms. The van der Waals surface area contributed by atoms with Crippen molar-refractivity contribution >= 4 is 0 Å². The van der Waals surface area contributed by atoms with E-state index in [4.69, 9.17) is 14.9 Å². The highest BCUT2D eigenvalue weighted by atomic mass is 16.5. The minimum Gasteiger partial charge on any atom is -0.467 e. The van der Waals surface area contributed by atoms with Crippen LogP contribution in [-0.2, 0) is 11.2 Å². The molecule has 0 spiro atoms. The summed E-state index contributed by atoms with van der Waals surface area (Å²) in [7, 11) is 1.71. The van der Waals surface area contributed by atoms with Gasteiger partial charge < -0.3 is 14.9 Å². The van der Waals surface area contributed by atoms with E-state index < -0.39 is 0 Å². The molecule has 1 aromatic carbocycles. The summed E-state index contributed by atoms with van der Waals surface area (Å²) in [4.78, 5) is 0. The van der Waals surface area contributed by atoms with Gasteiger partial charge in [0.15, 0.2) is 0 Å². The molecular weight excluding hydrogens is 226 g/mol. The largest absolute Gasteiger partial charge is 0.467 e. The summed E-state index contributed by atoms with van der Waals surface area (Å²) in [6, 6.07) is 10.0. The molecule has 96 valence electrons. The minimum atomic E-state index is -0.198. The van der Waals surface area contributed by atoms with Gasteiger partial charge in [-0.1, -0.05) is 24.3 Å². The average molecular weight is 245 g/mol. The first-order valence-electron chi connectivity index (χ1n) is 6.09. The fourth-order valence-electron chi connectivity index (χ4n) is 1.97. The van der Waals surface area contributed by atoms with Crippen molar-refractivity contribution in [2.24, 2.45) is 5.73 Å². The number of rotatable bonds is 5. The van der Waals surface area contributed by atoms with Crippen molar-refractivity contribution in [3.8, 4) is 0 Å². The third kappa shape index (κ3) is 2.81. The molecule has 0 fully saturated rings. The second kappa shape index (κ2) is 5.85. The van der Waals surface area contributed by atoms with Crippen LogP contribution in [0, 0.1) is 6.92 Å². The van der Waals surface area contributed by atoms with Crippen LogP contribution in [0.5, 0.6) is 0 Å². The zero-order chi connectivity index (χ0) is 13.0. The summed E-state index contributed by atoms with van der Waals surface area (Å²) >= 11 is 0. The summed E-state index contributed by atoms with van der Waals surface area (Å²) < 4.78 is 10.5. The van der Waals surface area contributed by atoms with Gasteiger partial charge in [0.2, 0.25) is 0 Å². The van der Waals surface area contributed by atoms with E-state index in [0.29, 0.717) is 0 Å². The molecule has 0 radical (unpaired) electrons. The van der Waals surface area contributed by atoms with Gasteiger partial charge in [0.05, 0.1) is 18.9 Å². The normalized spacial score (nSPS) is 12.6. The topological polar surface area (TPSA) is 48.4 Å². The van der Waals surface area contributed by atoms with Crippen molar-refractivity contribution in [3.05, 3.63) is 59.0 Å². The molecule has 1 atom stereocenters. The van der Waals surface area contributed by atoms with E-state index >= 15 is 0 Å². The Hall–Kier alpha value is -1.58. The number of methoxy groups -OCH3 is 1. The molecule has 0 saturated carbocycles. The minimum absolute atomic E-state index is 0.198. The summed E-state index contributed by atoms with van der Waals surface area (Å²) in [6.07, 6.45) is 2.60. The Morgan fingerprint density at radius 3 is 2.50 bits per heavy atom. The molecule has 2 aromatic rings. The predicted molar refractivity (Wildman–Crippen MR) is 71.5 cm³/mol. The van der Waals surface area contributed by atoms with Crippen molar-refractivity contribution in [3.63, 3.8) is 0 Å². The molecule has 3 nitrogen and oxygen atoms in total. The number of hydrogen-bond donors (Lipinski definition) is 1. The number of nitrogens with two attached hydrogens (primary N) is 1. The molecule has 0 aliphatic rings. The van der Waals surface area contributed by atoms with Crippen LogP contribution in [0.2, 0.25) is 0 Å². The van der Waals surface area contributed by atoms with Crippen LogP contribution in [0.15, 0.2) is 41.0 Å². The maximum Gasteiger partial charge on any atom is 0.127 e. The van der Waals surface area contributed by atoms with Crippen LogP contribution in [0.4, 0.5) is 0 Å². The van der Waals surface area contributed by atoms with E-state index in [1.54, 1.807) is 13.4 Å². The van der Waals surface area contributed by atoms with Crippen molar-refractivity contribution in [1.29, 1.82) is 0 Å². The predicted octanol–water partition coefficient (Wildman–Crippen LogP) is 2.83. The fourth-order valence-corrected chi connectivity index (χ4v) is 1.97. The lowest BCUT2D eigenvalue weighted by atomic mass is 10.0. The van der Waals surface area contributed by atoms with Gasteiger partial charge in [-0.3, -0.25) is 0 Å². The van der Waals surface area contributed by atoms with Gasteiger partial charge in [0.25, 0.3) is 0 Å². The van der Waals surface area contributed by atoms with Gasteiger partial charge in [0.1, 0.15) is 5.76 Å². The van der Waals surface area contributed by atoms with Gasteiger partial charge in [-0.25, -0.2) is 0 Å². The van der Waals surface area contributed by atoms with Crippen molar-refractivity contribution in [2.75, 3.05) is 13.7 Å². The molecule has 2 N–H and O–H groups in total. The molecule has 1 unspecified atom stereocenters. The van der Waals surface area contributed by atoms with Crippen LogP contribution in [-0.4, -0.2) is 13.7 Å². The molecular formula is C15H19NO2. The van der Waals surface area contributed by atoms with Gasteiger partial charge in [-0.2, -0.15) is 0 Å². The maximum absolute atomic E-state index is 6.19. The molecule has 0 saturated heterocycles. The van der Waals surface area contributed by atoms with E-state index in [9.17, 15) is 0 Å². The highest BCUT2D eigenvalue weighted by Crippen LogP contribution is 2.23. The molecule has 18 heavy (non-hydrogen) atoms. The third-order valence-corrected chi connectivity index (χ3v) is 3.12. The molecule has 2 rings (SSSR count). The lowest BCUT2D eigenvalue weighted by Gasteiger charge is -2.11. The van der Waals surface area contributed by atoms with Gasteiger partial charge in [0, 0.05) is 7.11 Å². The first-order chi connectivity index (χ1) is 8.72. The van der Waals surface area contributed by atoms with E-state index in [-0.39, 0.29) is 6.04 Å². The van der Waals surface area contributed by atoms with Gasteiger partial charge >= 0.3 is 0 Å². The monoisotopic (exact) mass is 245 g/mol. The number of furan rings is 1. The van der Waals surface area contributed by atoms with Crippen molar-refractivity contribution in [1.82, 2.24) is 0 Å². The van der Waals surface area contributed by atoms with Crippen LogP contribution in [0.25, 0.3) is 0 Å². The summed E-state index contributed by atoms with van der Waals surface area (Å²) in [6.45, 7) is 2.74. The Bertz CT molecular complexity index is 487. The number of hydrogen-bond acceptors (Lipinski definition) is 3. The molecule has 0 aliphatic carbocycles. The Balaban J connectivity index is 2.12. The van der Waals surface area contributed by atoms with E-state index in [2.05, 4.69) is 24.3 Å². The van der Waals surface area contributed by atoms with Crippen molar-refractivity contribution < 1.29 is 9.15 Å². The van der Waals surface area contributed by atoms with Crippen molar-refractivity contribution in [2.45, 2.75) is 19.4 Å². The Morgan fingerprint density at radius 1 is 1.22 bits per heavy atom. The zero-order valence-corrected chi connectivity index (χ0v) is 10.8. The lowest BCUT2D eigenvalue weighted by molar-refractivity contribution is 0.202. The van der Waals surface area contributed by atoms with Gasteiger partial charge in [-0.05, 0) is 36.1 Å². The highest BCUT2D eigenvalue weighted by molar-refractivity contribution is 5.32. The summed E-state index contributed by atoms with van der Waals surface area (Å²) in [5.74, 6) is 0.833. The maximum atomic E-state index is 6.19. The molecule has 1 aromatic heterocycles. The Morgan fingerprint density at radius 2 is 1.94 bits per heavy atom. The van der Waals surface area contributed by atoms with E-state index in [1.165, 1.54) is 5.56 Å². The zero-order valence-electron chi connectivity index (χ0n) is 10.8. The molecule has 0 bridgehead atoms. The summed E-state index contributed by atoms with van der Waals surface area (Å²) in [5, 5.41) is 0. The van der Waals surface area contributed by atoms with Crippen LogP contribution < -0.4 is 5.73 Å². The van der Waals surface area contributed by atoms with Crippen LogP contribution >= 0.6 is 0 Å². The highest BCUT2D eigenvalue weighted by Gasteiger charge is 2.14. The lowest BCUT2D eigenvalue weighted by Crippen LogP contribution is -2.12. The SMILES string of the molecule is COCCc1ccc(C(N)c2occc2C)cc1. The second-order valence-corrected chi connectivity index (χ2v) is 4.43. The standard InChI is InChI=1S/C15H19NO2/c1-11-7-10-18-15(11)14(16)13-5-3-12(4-6-13)8-9-17-2/h3-7,10,14H,8-9,16H2,1-2H3. The number of aryl methyl sites for hydroxylation is 1. The molecule has 1 heterocycles. The molecule has 0 aliphatic heterocycles. The molecule has 0 amide bonds. The fraction of sp³-hybridized carbons (Fsp3) is 0.333. The Labute approximate surface area is 108 Å². The smallest absolute Gasteiger partial charge is 0.127 e. The number of ether oxygens (including phenoxy) is 1. The third-order valence-electron chi connectivity index (χ3n) is 3.12. The van der Waals surface area contributed by atoms with Crippen LogP contribution in [0.3, 0.4) is 0 Å². The quantitative estimate of drug-likeness (QED) is 0.881. The first kappa shape index (κ1) is 12.9. The average Bonchev–Trinajstić information content (AvgIpc) is 2.82. The van der Waals surface area contributed by atoms with Gasteiger partial charge in [-0.15, -0.1) is 0 Å². The number of benzene rings is 1.